The first kappa shape index (κ1) is 35.1. The highest BCUT2D eigenvalue weighted by molar-refractivity contribution is 7.41. The molecule has 0 spiro atoms. The SMILES string of the molecule is COc1ccccc1CCCOc1ccc(CCC2(COP(OC(C)(C)C)OC(C)(C)C)COC(C)=N2)cc1C(F)(F)F. The Hall–Kier alpha value is -2.39. The molecule has 0 amide bonds. The van der Waals surface area contributed by atoms with Gasteiger partial charge in [-0.05, 0) is 96.6 Å². The van der Waals surface area contributed by atoms with Gasteiger partial charge >= 0.3 is 14.8 Å². The number of hydrogen-bond acceptors (Lipinski definition) is 7. The van der Waals surface area contributed by atoms with E-state index in [0.29, 0.717) is 37.1 Å². The number of nitrogens with zero attached hydrogens (tertiary/aromatic N) is 1. The molecular weight excluding hydrogens is 582 g/mol. The maximum atomic E-state index is 14.1. The first-order valence-corrected chi connectivity index (χ1v) is 15.5. The average Bonchev–Trinajstić information content (AvgIpc) is 3.27. The zero-order chi connectivity index (χ0) is 31.9. The van der Waals surface area contributed by atoms with E-state index in [9.17, 15) is 13.2 Å². The van der Waals surface area contributed by atoms with Crippen LogP contribution in [0.1, 0.15) is 78.0 Å². The third-order valence-electron chi connectivity index (χ3n) is 6.35. The van der Waals surface area contributed by atoms with E-state index in [0.717, 1.165) is 17.4 Å². The molecule has 1 heterocycles. The van der Waals surface area contributed by atoms with Crippen LogP contribution in [0.4, 0.5) is 13.2 Å². The van der Waals surface area contributed by atoms with Crippen molar-refractivity contribution >= 4 is 14.5 Å². The van der Waals surface area contributed by atoms with E-state index in [-0.39, 0.29) is 25.6 Å². The maximum Gasteiger partial charge on any atom is 0.419 e. The molecule has 2 aromatic rings. The Morgan fingerprint density at radius 3 is 2.19 bits per heavy atom. The van der Waals surface area contributed by atoms with Crippen molar-refractivity contribution < 1.29 is 41.0 Å². The summed E-state index contributed by atoms with van der Waals surface area (Å²) in [5.41, 5.74) is -1.07. The fraction of sp³-hybridized carbons (Fsp3) is 0.594. The van der Waals surface area contributed by atoms with E-state index in [1.54, 1.807) is 20.1 Å². The van der Waals surface area contributed by atoms with Crippen molar-refractivity contribution in [2.45, 2.75) is 97.1 Å². The van der Waals surface area contributed by atoms with Crippen LogP contribution in [0.3, 0.4) is 0 Å². The van der Waals surface area contributed by atoms with Crippen molar-refractivity contribution in [3.8, 4) is 11.5 Å². The standard InChI is InChI=1S/C32H45F3NO6P/c1-23-36-31(21-39-23,22-40-43(41-29(2,3)4)42-30(5,6)7)18-17-24-15-16-28(26(20-24)32(33,34)35)38-19-11-13-25-12-9-10-14-27(25)37-8/h9-10,12,14-16,20H,11,13,17-19,21-22H2,1-8H3. The molecular formula is C32H45F3NO6P. The van der Waals surface area contributed by atoms with Crippen LogP contribution < -0.4 is 9.47 Å². The molecule has 7 nitrogen and oxygen atoms in total. The molecule has 0 bridgehead atoms. The Labute approximate surface area is 255 Å². The summed E-state index contributed by atoms with van der Waals surface area (Å²) in [7, 11) is -0.119. The molecule has 2 aromatic carbocycles. The number of para-hydroxylation sites is 1. The Morgan fingerprint density at radius 1 is 0.930 bits per heavy atom. The minimum Gasteiger partial charge on any atom is -0.496 e. The highest BCUT2D eigenvalue weighted by Gasteiger charge is 2.39. The molecule has 1 aliphatic rings. The normalized spacial score (nSPS) is 17.6. The van der Waals surface area contributed by atoms with Crippen LogP contribution in [0.25, 0.3) is 0 Å². The van der Waals surface area contributed by atoms with E-state index >= 15 is 0 Å². The number of halogens is 3. The van der Waals surface area contributed by atoms with E-state index in [1.165, 1.54) is 6.07 Å². The minimum atomic E-state index is -4.57. The molecule has 0 fully saturated rings. The Balaban J connectivity index is 1.68. The quantitative estimate of drug-likeness (QED) is 0.154. The van der Waals surface area contributed by atoms with Crippen molar-refractivity contribution in [3.63, 3.8) is 0 Å². The number of hydrogen-bond donors (Lipinski definition) is 0. The predicted molar refractivity (Wildman–Crippen MR) is 163 cm³/mol. The van der Waals surface area contributed by atoms with Crippen LogP contribution in [-0.4, -0.2) is 49.6 Å². The number of aryl methyl sites for hydroxylation is 2. The summed E-state index contributed by atoms with van der Waals surface area (Å²) in [6, 6.07) is 11.8. The lowest BCUT2D eigenvalue weighted by molar-refractivity contribution is -0.139. The summed E-state index contributed by atoms with van der Waals surface area (Å²) in [6.45, 7) is 13.8. The molecule has 0 radical (unpaired) electrons. The monoisotopic (exact) mass is 627 g/mol. The fourth-order valence-electron chi connectivity index (χ4n) is 4.41. The average molecular weight is 628 g/mol. The molecule has 1 unspecified atom stereocenters. The van der Waals surface area contributed by atoms with Crippen molar-refractivity contribution in [1.82, 2.24) is 0 Å². The second-order valence-electron chi connectivity index (χ2n) is 12.6. The summed E-state index contributed by atoms with van der Waals surface area (Å²) in [6.07, 6.45) is -2.66. The van der Waals surface area contributed by atoms with E-state index in [1.807, 2.05) is 65.8 Å². The zero-order valence-electron chi connectivity index (χ0n) is 26.5. The van der Waals surface area contributed by atoms with Crippen molar-refractivity contribution in [1.29, 1.82) is 0 Å². The lowest BCUT2D eigenvalue weighted by Crippen LogP contribution is -2.35. The van der Waals surface area contributed by atoms with Crippen LogP contribution >= 0.6 is 8.60 Å². The summed E-state index contributed by atoms with van der Waals surface area (Å²) >= 11 is 0. The zero-order valence-corrected chi connectivity index (χ0v) is 27.4. The van der Waals surface area contributed by atoms with Gasteiger partial charge in [-0.3, -0.25) is 0 Å². The molecule has 240 valence electrons. The van der Waals surface area contributed by atoms with Gasteiger partial charge in [-0.1, -0.05) is 24.3 Å². The molecule has 1 atom stereocenters. The Morgan fingerprint density at radius 2 is 1.60 bits per heavy atom. The summed E-state index contributed by atoms with van der Waals surface area (Å²) in [4.78, 5) is 4.69. The topological polar surface area (TPSA) is 67.7 Å². The van der Waals surface area contributed by atoms with Gasteiger partial charge in [0.2, 0.25) is 0 Å². The maximum absolute atomic E-state index is 14.1. The predicted octanol–water partition coefficient (Wildman–Crippen LogP) is 8.72. The molecule has 0 aliphatic carbocycles. The lowest BCUT2D eigenvalue weighted by Gasteiger charge is -2.32. The molecule has 43 heavy (non-hydrogen) atoms. The van der Waals surface area contributed by atoms with E-state index < -0.39 is 37.1 Å². The van der Waals surface area contributed by atoms with Gasteiger partial charge in [0.05, 0.1) is 37.1 Å². The first-order chi connectivity index (χ1) is 20.0. The molecule has 0 saturated heterocycles. The van der Waals surface area contributed by atoms with Crippen LogP contribution in [0.15, 0.2) is 47.5 Å². The smallest absolute Gasteiger partial charge is 0.419 e. The van der Waals surface area contributed by atoms with Crippen LogP contribution in [0.2, 0.25) is 0 Å². The fourth-order valence-corrected chi connectivity index (χ4v) is 5.80. The number of rotatable bonds is 14. The Kier molecular flexibility index (Phi) is 11.9. The Bertz CT molecular complexity index is 1210. The molecule has 11 heteroatoms. The van der Waals surface area contributed by atoms with E-state index in [2.05, 4.69) is 4.99 Å². The molecule has 0 N–H and O–H groups in total. The van der Waals surface area contributed by atoms with Crippen molar-refractivity contribution in [2.24, 2.45) is 4.99 Å². The second kappa shape index (κ2) is 14.6. The van der Waals surface area contributed by atoms with Gasteiger partial charge in [-0.15, -0.1) is 0 Å². The summed E-state index contributed by atoms with van der Waals surface area (Å²) in [5.74, 6) is 1.07. The molecule has 1 aliphatic heterocycles. The largest absolute Gasteiger partial charge is 0.496 e. The van der Waals surface area contributed by atoms with Gasteiger partial charge in [0.15, 0.2) is 5.90 Å². The van der Waals surface area contributed by atoms with Crippen LogP contribution in [0, 0.1) is 0 Å². The number of aliphatic imine (C=N–C) groups is 1. The molecule has 0 saturated carbocycles. The summed E-state index contributed by atoms with van der Waals surface area (Å²) < 4.78 is 77.1. The van der Waals surface area contributed by atoms with Crippen LogP contribution in [0.5, 0.6) is 11.5 Å². The number of benzene rings is 2. The van der Waals surface area contributed by atoms with Crippen LogP contribution in [-0.2, 0) is 37.3 Å². The van der Waals surface area contributed by atoms with Crippen molar-refractivity contribution in [3.05, 3.63) is 59.2 Å². The third kappa shape index (κ3) is 11.6. The van der Waals surface area contributed by atoms with Gasteiger partial charge in [0.1, 0.15) is 23.6 Å². The third-order valence-corrected chi connectivity index (χ3v) is 8.08. The lowest BCUT2D eigenvalue weighted by atomic mass is 9.93. The highest BCUT2D eigenvalue weighted by atomic mass is 31.2. The van der Waals surface area contributed by atoms with Gasteiger partial charge in [-0.2, -0.15) is 13.2 Å². The number of alkyl halides is 3. The first-order valence-electron chi connectivity index (χ1n) is 14.4. The van der Waals surface area contributed by atoms with Crippen molar-refractivity contribution in [2.75, 3.05) is 26.9 Å². The van der Waals surface area contributed by atoms with Gasteiger partial charge in [0, 0.05) is 6.92 Å². The minimum absolute atomic E-state index is 0.141. The highest BCUT2D eigenvalue weighted by Crippen LogP contribution is 2.48. The molecule has 0 aromatic heterocycles. The van der Waals surface area contributed by atoms with Gasteiger partial charge in [0.25, 0.3) is 0 Å². The van der Waals surface area contributed by atoms with Gasteiger partial charge in [-0.25, -0.2) is 4.99 Å². The second-order valence-corrected chi connectivity index (χ2v) is 13.7. The van der Waals surface area contributed by atoms with Gasteiger partial charge < -0.3 is 27.8 Å². The number of methoxy groups -OCH3 is 1. The van der Waals surface area contributed by atoms with E-state index in [4.69, 9.17) is 27.8 Å². The summed E-state index contributed by atoms with van der Waals surface area (Å²) in [5, 5.41) is 0. The number of ether oxygens (including phenoxy) is 3. The molecule has 3 rings (SSSR count).